The van der Waals surface area contributed by atoms with Gasteiger partial charge >= 0.3 is 0 Å². The summed E-state index contributed by atoms with van der Waals surface area (Å²) in [6.07, 6.45) is -7.24. The van der Waals surface area contributed by atoms with Gasteiger partial charge in [-0.1, -0.05) is 12.1 Å². The minimum Gasteiger partial charge on any atom is -0.508 e. The molecular weight excluding hydrogens is 396 g/mol. The fraction of sp³-hybridized carbons (Fsp3) is 0.381. The zero-order valence-corrected chi connectivity index (χ0v) is 15.8. The van der Waals surface area contributed by atoms with E-state index in [0.29, 0.717) is 22.6 Å². The molecule has 2 aromatic carbocycles. The van der Waals surface area contributed by atoms with E-state index in [4.69, 9.17) is 14.2 Å². The normalized spacial score (nSPS) is 31.0. The van der Waals surface area contributed by atoms with Crippen LogP contribution in [0.25, 0.3) is 0 Å². The molecule has 30 heavy (non-hydrogen) atoms. The number of rotatable bonds is 4. The minimum absolute atomic E-state index is 0.00507. The van der Waals surface area contributed by atoms with Crippen LogP contribution in [-0.2, 0) is 4.74 Å². The number of phenols is 1. The number of hydrogen-bond acceptors (Lipinski definition) is 9. The van der Waals surface area contributed by atoms with Gasteiger partial charge in [0.1, 0.15) is 47.8 Å². The summed E-state index contributed by atoms with van der Waals surface area (Å²) in [6.45, 7) is -0.548. The number of phenolic OH excluding ortho intramolecular Hbond substituents is 1. The number of aliphatic hydroxyl groups excluding tert-OH is 4. The van der Waals surface area contributed by atoms with Crippen LogP contribution in [0.2, 0.25) is 0 Å². The van der Waals surface area contributed by atoms with Crippen LogP contribution in [0.1, 0.15) is 28.4 Å². The first-order valence-corrected chi connectivity index (χ1v) is 9.47. The number of benzene rings is 2. The Morgan fingerprint density at radius 2 is 1.73 bits per heavy atom. The second kappa shape index (κ2) is 8.21. The minimum atomic E-state index is -1.53. The van der Waals surface area contributed by atoms with Crippen molar-refractivity contribution in [2.45, 2.75) is 43.2 Å². The topological polar surface area (TPSA) is 146 Å². The molecular formula is C21H22O9. The summed E-state index contributed by atoms with van der Waals surface area (Å²) in [5.41, 5.74) is 1.13. The third-order valence-corrected chi connectivity index (χ3v) is 5.26. The molecule has 1 fully saturated rings. The molecule has 0 saturated carbocycles. The van der Waals surface area contributed by atoms with E-state index < -0.39 is 43.4 Å². The van der Waals surface area contributed by atoms with Gasteiger partial charge in [0.2, 0.25) is 6.29 Å². The van der Waals surface area contributed by atoms with Crippen LogP contribution < -0.4 is 9.47 Å². The van der Waals surface area contributed by atoms with Crippen LogP contribution in [0.4, 0.5) is 0 Å². The van der Waals surface area contributed by atoms with Crippen molar-refractivity contribution in [3.05, 3.63) is 53.6 Å². The number of hydrogen-bond donors (Lipinski definition) is 5. The van der Waals surface area contributed by atoms with E-state index >= 15 is 0 Å². The Hall–Kier alpha value is -2.69. The lowest BCUT2D eigenvalue weighted by Gasteiger charge is -2.39. The van der Waals surface area contributed by atoms with E-state index in [0.717, 1.165) is 0 Å². The Morgan fingerprint density at radius 1 is 1.00 bits per heavy atom. The second-order valence-electron chi connectivity index (χ2n) is 7.30. The molecule has 0 spiro atoms. The lowest BCUT2D eigenvalue weighted by Crippen LogP contribution is -2.60. The second-order valence-corrected chi connectivity index (χ2v) is 7.30. The molecule has 4 rings (SSSR count). The van der Waals surface area contributed by atoms with Gasteiger partial charge in [-0.15, -0.1) is 0 Å². The fourth-order valence-corrected chi connectivity index (χ4v) is 3.56. The van der Waals surface area contributed by atoms with Crippen molar-refractivity contribution in [1.82, 2.24) is 0 Å². The molecule has 5 N–H and O–H groups in total. The van der Waals surface area contributed by atoms with Crippen LogP contribution in [0, 0.1) is 0 Å². The highest BCUT2D eigenvalue weighted by molar-refractivity contribution is 6.00. The summed E-state index contributed by atoms with van der Waals surface area (Å²) in [5, 5.41) is 48.6. The number of aromatic hydroxyl groups is 1. The number of Topliss-reactive ketones (excluding diaryl/α,β-unsaturated/α-hetero) is 1. The van der Waals surface area contributed by atoms with Gasteiger partial charge in [0.05, 0.1) is 18.6 Å². The van der Waals surface area contributed by atoms with Gasteiger partial charge in [0.15, 0.2) is 5.78 Å². The SMILES string of the molecule is O=C1C[C@@H](c2ccc(O[C@H]3O[C@H](CO)[C@@H](O)[C@H](O)[C@H]3O)cc2)Oc2cc(O)ccc21. The average molecular weight is 418 g/mol. The molecule has 6 atom stereocenters. The van der Waals surface area contributed by atoms with E-state index in [2.05, 4.69) is 0 Å². The maximum atomic E-state index is 12.4. The summed E-state index contributed by atoms with van der Waals surface area (Å²) in [7, 11) is 0. The van der Waals surface area contributed by atoms with Gasteiger partial charge in [-0.3, -0.25) is 4.79 Å². The van der Waals surface area contributed by atoms with Gasteiger partial charge in [-0.05, 0) is 29.8 Å². The van der Waals surface area contributed by atoms with Gasteiger partial charge < -0.3 is 39.7 Å². The largest absolute Gasteiger partial charge is 0.508 e. The number of aliphatic hydroxyl groups is 4. The maximum Gasteiger partial charge on any atom is 0.229 e. The van der Waals surface area contributed by atoms with Crippen molar-refractivity contribution in [3.63, 3.8) is 0 Å². The Bertz CT molecular complexity index is 911. The highest BCUT2D eigenvalue weighted by Gasteiger charge is 2.44. The van der Waals surface area contributed by atoms with Crippen molar-refractivity contribution >= 4 is 5.78 Å². The molecule has 0 unspecified atom stereocenters. The highest BCUT2D eigenvalue weighted by Crippen LogP contribution is 2.37. The van der Waals surface area contributed by atoms with E-state index in [1.165, 1.54) is 18.2 Å². The zero-order chi connectivity index (χ0) is 21.4. The fourth-order valence-electron chi connectivity index (χ4n) is 3.56. The van der Waals surface area contributed by atoms with Crippen molar-refractivity contribution in [2.75, 3.05) is 6.61 Å². The molecule has 0 amide bonds. The zero-order valence-electron chi connectivity index (χ0n) is 15.8. The third kappa shape index (κ3) is 3.85. The molecule has 1 saturated heterocycles. The molecule has 9 heteroatoms. The molecule has 0 radical (unpaired) electrons. The summed E-state index contributed by atoms with van der Waals surface area (Å²) >= 11 is 0. The Balaban J connectivity index is 1.46. The van der Waals surface area contributed by atoms with E-state index in [-0.39, 0.29) is 18.0 Å². The smallest absolute Gasteiger partial charge is 0.229 e. The van der Waals surface area contributed by atoms with Crippen LogP contribution in [0.5, 0.6) is 17.2 Å². The molecule has 9 nitrogen and oxygen atoms in total. The van der Waals surface area contributed by atoms with Crippen LogP contribution in [-0.4, -0.2) is 68.6 Å². The standard InChI is InChI=1S/C21H22O9/c22-9-17-18(25)19(26)20(27)21(30-17)28-12-4-1-10(2-5-12)15-8-14(24)13-6-3-11(23)7-16(13)29-15/h1-7,15,17-23,25-27H,8-9H2/t15-,17+,18+,19-,20+,21-/m0/s1. The molecule has 2 heterocycles. The van der Waals surface area contributed by atoms with E-state index in [1.807, 2.05) is 0 Å². The van der Waals surface area contributed by atoms with Gasteiger partial charge in [0, 0.05) is 6.07 Å². The van der Waals surface area contributed by atoms with Gasteiger partial charge in [-0.25, -0.2) is 0 Å². The first-order chi connectivity index (χ1) is 14.4. The molecule has 0 aliphatic carbocycles. The highest BCUT2D eigenvalue weighted by atomic mass is 16.7. The summed E-state index contributed by atoms with van der Waals surface area (Å²) in [6, 6.07) is 10.9. The first-order valence-electron chi connectivity index (χ1n) is 9.47. The van der Waals surface area contributed by atoms with Crippen molar-refractivity contribution in [2.24, 2.45) is 0 Å². The number of ether oxygens (including phenoxy) is 3. The van der Waals surface area contributed by atoms with E-state index in [9.17, 15) is 30.3 Å². The molecule has 2 aromatic rings. The van der Waals surface area contributed by atoms with Crippen molar-refractivity contribution in [1.29, 1.82) is 0 Å². The number of carbonyl (C=O) groups excluding carboxylic acids is 1. The van der Waals surface area contributed by atoms with Crippen molar-refractivity contribution in [3.8, 4) is 17.2 Å². The lowest BCUT2D eigenvalue weighted by atomic mass is 9.96. The average Bonchev–Trinajstić information content (AvgIpc) is 2.74. The van der Waals surface area contributed by atoms with Crippen molar-refractivity contribution < 1.29 is 44.5 Å². The number of fused-ring (bicyclic) bond motifs is 1. The maximum absolute atomic E-state index is 12.4. The first kappa shape index (κ1) is 20.6. The summed E-state index contributed by atoms with van der Waals surface area (Å²) < 4.78 is 16.7. The predicted molar refractivity (Wildman–Crippen MR) is 101 cm³/mol. The monoisotopic (exact) mass is 418 g/mol. The molecule has 2 aliphatic heterocycles. The quantitative estimate of drug-likeness (QED) is 0.472. The Morgan fingerprint density at radius 3 is 2.43 bits per heavy atom. The van der Waals surface area contributed by atoms with Crippen LogP contribution >= 0.6 is 0 Å². The molecule has 0 bridgehead atoms. The predicted octanol–water partition coefficient (Wildman–Crippen LogP) is 0.277. The number of carbonyl (C=O) groups is 1. The Kier molecular flexibility index (Phi) is 5.63. The Labute approximate surface area is 171 Å². The summed E-state index contributed by atoms with van der Waals surface area (Å²) in [4.78, 5) is 12.4. The molecule has 0 aromatic heterocycles. The van der Waals surface area contributed by atoms with Gasteiger partial charge in [0.25, 0.3) is 0 Å². The summed E-state index contributed by atoms with van der Waals surface area (Å²) in [5.74, 6) is 0.537. The van der Waals surface area contributed by atoms with E-state index in [1.54, 1.807) is 24.3 Å². The number of ketones is 1. The molecule has 2 aliphatic rings. The van der Waals surface area contributed by atoms with Crippen LogP contribution in [0.15, 0.2) is 42.5 Å². The third-order valence-electron chi connectivity index (χ3n) is 5.26. The molecule has 160 valence electrons. The van der Waals surface area contributed by atoms with Gasteiger partial charge in [-0.2, -0.15) is 0 Å². The lowest BCUT2D eigenvalue weighted by molar-refractivity contribution is -0.277. The van der Waals surface area contributed by atoms with Crippen LogP contribution in [0.3, 0.4) is 0 Å².